The molecule has 1 aliphatic rings. The molecule has 0 aromatic rings. The van der Waals surface area contributed by atoms with E-state index in [9.17, 15) is 14.4 Å². The van der Waals surface area contributed by atoms with Crippen molar-refractivity contribution in [3.8, 4) is 0 Å². The summed E-state index contributed by atoms with van der Waals surface area (Å²) < 4.78 is 5.06. The van der Waals surface area contributed by atoms with Crippen molar-refractivity contribution in [1.29, 1.82) is 0 Å². The first-order valence-corrected chi connectivity index (χ1v) is 5.41. The number of aliphatic carboxylic acids is 1. The fraction of sp³-hybridized carbons (Fsp3) is 0.700. The number of carboxylic acids is 1. The summed E-state index contributed by atoms with van der Waals surface area (Å²) in [6, 6.07) is 0. The molecule has 3 N–H and O–H groups in total. The molecular formula is C10H16N2O5. The Labute approximate surface area is 98.5 Å². The fourth-order valence-electron chi connectivity index (χ4n) is 1.55. The van der Waals surface area contributed by atoms with Crippen LogP contribution in [-0.4, -0.2) is 48.7 Å². The summed E-state index contributed by atoms with van der Waals surface area (Å²) in [6.07, 6.45) is -0.700. The van der Waals surface area contributed by atoms with Gasteiger partial charge < -0.3 is 20.5 Å². The van der Waals surface area contributed by atoms with Crippen molar-refractivity contribution in [2.45, 2.75) is 31.5 Å². The van der Waals surface area contributed by atoms with Crippen molar-refractivity contribution in [1.82, 2.24) is 10.6 Å². The lowest BCUT2D eigenvalue weighted by Crippen LogP contribution is -2.37. The van der Waals surface area contributed by atoms with E-state index in [1.165, 1.54) is 7.05 Å². The molecule has 1 heterocycles. The van der Waals surface area contributed by atoms with E-state index in [0.717, 1.165) is 0 Å². The van der Waals surface area contributed by atoms with Crippen molar-refractivity contribution in [2.24, 2.45) is 0 Å². The summed E-state index contributed by atoms with van der Waals surface area (Å²) in [4.78, 5) is 33.0. The van der Waals surface area contributed by atoms with Crippen LogP contribution in [0.1, 0.15) is 19.3 Å². The highest BCUT2D eigenvalue weighted by Gasteiger charge is 2.34. The number of amides is 2. The smallest absolute Gasteiger partial charge is 0.332 e. The van der Waals surface area contributed by atoms with Crippen LogP contribution in [0.3, 0.4) is 0 Å². The van der Waals surface area contributed by atoms with Crippen molar-refractivity contribution in [2.75, 3.05) is 13.6 Å². The monoisotopic (exact) mass is 244 g/mol. The minimum atomic E-state index is -1.05. The number of carboxylic acid groups (broad SMARTS) is 1. The molecule has 0 aliphatic carbocycles. The first-order chi connectivity index (χ1) is 8.04. The number of hydrogen-bond donors (Lipinski definition) is 3. The molecule has 17 heavy (non-hydrogen) atoms. The standard InChI is InChI=1S/C10H16N2O5/c1-11-8(13)4-5-12-9(14)6-2-3-7(17-6)10(15)16/h6-7H,2-5H2,1H3,(H,11,13)(H,12,14)(H,15,16). The second-order valence-corrected chi connectivity index (χ2v) is 3.74. The summed E-state index contributed by atoms with van der Waals surface area (Å²) in [5.74, 6) is -1.58. The van der Waals surface area contributed by atoms with E-state index < -0.39 is 18.2 Å². The van der Waals surface area contributed by atoms with Gasteiger partial charge in [-0.1, -0.05) is 0 Å². The van der Waals surface area contributed by atoms with Gasteiger partial charge in [0.25, 0.3) is 0 Å². The molecule has 0 bridgehead atoms. The Hall–Kier alpha value is -1.63. The molecular weight excluding hydrogens is 228 g/mol. The summed E-state index contributed by atoms with van der Waals surface area (Å²) in [5.41, 5.74) is 0. The average Bonchev–Trinajstić information content (AvgIpc) is 2.78. The molecule has 2 unspecified atom stereocenters. The maximum atomic E-state index is 11.5. The Balaban J connectivity index is 2.25. The zero-order chi connectivity index (χ0) is 12.8. The van der Waals surface area contributed by atoms with E-state index in [4.69, 9.17) is 9.84 Å². The van der Waals surface area contributed by atoms with E-state index in [0.29, 0.717) is 12.8 Å². The van der Waals surface area contributed by atoms with Gasteiger partial charge in [0.05, 0.1) is 0 Å². The van der Waals surface area contributed by atoms with Crippen LogP contribution in [-0.2, 0) is 19.1 Å². The Morgan fingerprint density at radius 1 is 1.29 bits per heavy atom. The van der Waals surface area contributed by atoms with Gasteiger partial charge in [0.2, 0.25) is 11.8 Å². The first-order valence-electron chi connectivity index (χ1n) is 5.41. The van der Waals surface area contributed by atoms with Crippen molar-refractivity contribution in [3.63, 3.8) is 0 Å². The highest BCUT2D eigenvalue weighted by molar-refractivity contribution is 5.83. The molecule has 0 aromatic carbocycles. The highest BCUT2D eigenvalue weighted by Crippen LogP contribution is 2.19. The van der Waals surface area contributed by atoms with Gasteiger partial charge in [-0.3, -0.25) is 9.59 Å². The van der Waals surface area contributed by atoms with Crippen LogP contribution < -0.4 is 10.6 Å². The fourth-order valence-corrected chi connectivity index (χ4v) is 1.55. The Bertz CT molecular complexity index is 318. The molecule has 0 radical (unpaired) electrons. The molecule has 2 amide bonds. The summed E-state index contributed by atoms with van der Waals surface area (Å²) in [5, 5.41) is 13.6. The third-order valence-corrected chi connectivity index (χ3v) is 2.52. The minimum Gasteiger partial charge on any atom is -0.479 e. The van der Waals surface area contributed by atoms with Gasteiger partial charge in [0.1, 0.15) is 6.10 Å². The SMILES string of the molecule is CNC(=O)CCNC(=O)C1CCC(C(=O)O)O1. The minimum absolute atomic E-state index is 0.166. The Morgan fingerprint density at radius 3 is 2.47 bits per heavy atom. The lowest BCUT2D eigenvalue weighted by molar-refractivity contribution is -0.151. The number of nitrogens with one attached hydrogen (secondary N) is 2. The lowest BCUT2D eigenvalue weighted by atomic mass is 10.2. The number of carbonyl (C=O) groups excluding carboxylic acids is 2. The van der Waals surface area contributed by atoms with E-state index in [1.807, 2.05) is 0 Å². The van der Waals surface area contributed by atoms with Crippen molar-refractivity contribution in [3.05, 3.63) is 0 Å². The van der Waals surface area contributed by atoms with E-state index in [2.05, 4.69) is 10.6 Å². The topological polar surface area (TPSA) is 105 Å². The quantitative estimate of drug-likeness (QED) is 0.567. The summed E-state index contributed by atoms with van der Waals surface area (Å²) >= 11 is 0. The van der Waals surface area contributed by atoms with E-state index in [1.54, 1.807) is 0 Å². The molecule has 7 nitrogen and oxygen atoms in total. The second-order valence-electron chi connectivity index (χ2n) is 3.74. The molecule has 0 saturated carbocycles. The van der Waals surface area contributed by atoms with Crippen LogP contribution in [0.5, 0.6) is 0 Å². The number of rotatable bonds is 5. The molecule has 1 saturated heterocycles. The predicted octanol–water partition coefficient (Wildman–Crippen LogP) is -1.13. The first kappa shape index (κ1) is 13.4. The van der Waals surface area contributed by atoms with Gasteiger partial charge in [0, 0.05) is 20.0 Å². The predicted molar refractivity (Wildman–Crippen MR) is 57.2 cm³/mol. The molecule has 0 spiro atoms. The third kappa shape index (κ3) is 4.03. The van der Waals surface area contributed by atoms with Crippen molar-refractivity contribution >= 4 is 17.8 Å². The molecule has 1 fully saturated rings. The van der Waals surface area contributed by atoms with E-state index in [-0.39, 0.29) is 24.8 Å². The van der Waals surface area contributed by atoms with E-state index >= 15 is 0 Å². The summed E-state index contributed by atoms with van der Waals surface area (Å²) in [6.45, 7) is 0.218. The largest absolute Gasteiger partial charge is 0.479 e. The van der Waals surface area contributed by atoms with Crippen LogP contribution in [0.15, 0.2) is 0 Å². The normalized spacial score (nSPS) is 23.1. The van der Waals surface area contributed by atoms with Crippen LogP contribution in [0, 0.1) is 0 Å². The van der Waals surface area contributed by atoms with Crippen LogP contribution in [0.25, 0.3) is 0 Å². The average molecular weight is 244 g/mol. The van der Waals surface area contributed by atoms with Crippen LogP contribution in [0.2, 0.25) is 0 Å². The second kappa shape index (κ2) is 6.19. The summed E-state index contributed by atoms with van der Waals surface area (Å²) in [7, 11) is 1.52. The Kier molecular flexibility index (Phi) is 4.89. The lowest BCUT2D eigenvalue weighted by Gasteiger charge is -2.11. The molecule has 2 atom stereocenters. The maximum absolute atomic E-state index is 11.5. The molecule has 7 heteroatoms. The Morgan fingerprint density at radius 2 is 1.94 bits per heavy atom. The number of ether oxygens (including phenoxy) is 1. The zero-order valence-corrected chi connectivity index (χ0v) is 9.56. The van der Waals surface area contributed by atoms with Gasteiger partial charge in [-0.15, -0.1) is 0 Å². The third-order valence-electron chi connectivity index (χ3n) is 2.52. The van der Waals surface area contributed by atoms with Gasteiger partial charge in [-0.25, -0.2) is 4.79 Å². The zero-order valence-electron chi connectivity index (χ0n) is 9.56. The van der Waals surface area contributed by atoms with Crippen LogP contribution in [0.4, 0.5) is 0 Å². The van der Waals surface area contributed by atoms with Gasteiger partial charge in [0.15, 0.2) is 6.10 Å². The van der Waals surface area contributed by atoms with Crippen molar-refractivity contribution < 1.29 is 24.2 Å². The van der Waals surface area contributed by atoms with Gasteiger partial charge >= 0.3 is 5.97 Å². The number of carbonyl (C=O) groups is 3. The number of hydrogen-bond acceptors (Lipinski definition) is 4. The molecule has 1 aliphatic heterocycles. The van der Waals surface area contributed by atoms with Gasteiger partial charge in [-0.2, -0.15) is 0 Å². The van der Waals surface area contributed by atoms with Crippen LogP contribution >= 0.6 is 0 Å². The maximum Gasteiger partial charge on any atom is 0.332 e. The molecule has 96 valence electrons. The molecule has 1 rings (SSSR count). The highest BCUT2D eigenvalue weighted by atomic mass is 16.5. The van der Waals surface area contributed by atoms with Gasteiger partial charge in [-0.05, 0) is 12.8 Å². The molecule has 0 aromatic heterocycles.